The van der Waals surface area contributed by atoms with Gasteiger partial charge in [-0.25, -0.2) is 14.6 Å². The number of carbonyl (C=O) groups is 1. The molecule has 1 unspecified atom stereocenters. The molecule has 1 saturated heterocycles. The maximum atomic E-state index is 11.5. The van der Waals surface area contributed by atoms with Crippen molar-refractivity contribution in [1.82, 2.24) is 19.7 Å². The second kappa shape index (κ2) is 6.59. The second-order valence-electron chi connectivity index (χ2n) is 6.91. The van der Waals surface area contributed by atoms with Crippen molar-refractivity contribution in [2.24, 2.45) is 0 Å². The van der Waals surface area contributed by atoms with Crippen LogP contribution in [0.1, 0.15) is 38.5 Å². The summed E-state index contributed by atoms with van der Waals surface area (Å²) in [4.78, 5) is 20.2. The molecule has 0 radical (unpaired) electrons. The molecular formula is C17H23N5O3. The average Bonchev–Trinajstić information content (AvgIpc) is 3.23. The summed E-state index contributed by atoms with van der Waals surface area (Å²) in [6.45, 7) is 0.824. The minimum Gasteiger partial charge on any atom is -0.468 e. The summed E-state index contributed by atoms with van der Waals surface area (Å²) in [6.07, 6.45) is 9.99. The summed E-state index contributed by atoms with van der Waals surface area (Å²) in [5.41, 5.74) is 0.683. The largest absolute Gasteiger partial charge is 0.468 e. The van der Waals surface area contributed by atoms with Crippen LogP contribution in [0.3, 0.4) is 0 Å². The van der Waals surface area contributed by atoms with Crippen molar-refractivity contribution >= 4 is 22.8 Å². The van der Waals surface area contributed by atoms with Gasteiger partial charge in [0.05, 0.1) is 24.3 Å². The average molecular weight is 345 g/mol. The number of hydrogen-bond donors (Lipinski definition) is 1. The van der Waals surface area contributed by atoms with E-state index in [2.05, 4.69) is 20.4 Å². The normalized spacial score (nSPS) is 22.4. The number of rotatable bonds is 4. The lowest BCUT2D eigenvalue weighted by molar-refractivity contribution is -0.141. The lowest BCUT2D eigenvalue weighted by atomic mass is 9.89. The third kappa shape index (κ3) is 3.18. The summed E-state index contributed by atoms with van der Waals surface area (Å²) in [5.74, 6) is 0.409. The van der Waals surface area contributed by atoms with E-state index in [1.165, 1.54) is 31.0 Å². The molecule has 4 rings (SSSR count). The van der Waals surface area contributed by atoms with Gasteiger partial charge < -0.3 is 14.8 Å². The zero-order valence-corrected chi connectivity index (χ0v) is 14.4. The van der Waals surface area contributed by atoms with Crippen molar-refractivity contribution in [3.8, 4) is 0 Å². The van der Waals surface area contributed by atoms with Crippen molar-refractivity contribution < 1.29 is 14.3 Å². The third-order valence-corrected chi connectivity index (χ3v) is 5.29. The van der Waals surface area contributed by atoms with Gasteiger partial charge in [-0.15, -0.1) is 0 Å². The van der Waals surface area contributed by atoms with Crippen LogP contribution in [-0.4, -0.2) is 51.1 Å². The highest BCUT2D eigenvalue weighted by Gasteiger charge is 2.40. The smallest absolute Gasteiger partial charge is 0.327 e. The van der Waals surface area contributed by atoms with Crippen molar-refractivity contribution in [2.75, 3.05) is 19.0 Å². The summed E-state index contributed by atoms with van der Waals surface area (Å²) in [6, 6.07) is 0.328. The predicted octanol–water partition coefficient (Wildman–Crippen LogP) is 1.90. The first kappa shape index (κ1) is 16.3. The molecule has 2 aromatic heterocycles. The summed E-state index contributed by atoms with van der Waals surface area (Å²) < 4.78 is 12.3. The number of esters is 1. The number of methoxy groups -OCH3 is 1. The van der Waals surface area contributed by atoms with Gasteiger partial charge in [0.15, 0.2) is 5.65 Å². The van der Waals surface area contributed by atoms with E-state index in [0.29, 0.717) is 11.7 Å². The SMILES string of the molecule is COC(=O)Cn1ncc2c(NC3CCOC4(CCCC4)C3)ncnc21. The van der Waals surface area contributed by atoms with E-state index < -0.39 is 0 Å². The van der Waals surface area contributed by atoms with E-state index in [0.717, 1.165) is 43.5 Å². The summed E-state index contributed by atoms with van der Waals surface area (Å²) >= 11 is 0. The maximum Gasteiger partial charge on any atom is 0.327 e. The lowest BCUT2D eigenvalue weighted by Gasteiger charge is -2.38. The zero-order valence-electron chi connectivity index (χ0n) is 14.4. The first-order valence-electron chi connectivity index (χ1n) is 8.83. The predicted molar refractivity (Wildman–Crippen MR) is 91.1 cm³/mol. The Morgan fingerprint density at radius 2 is 2.28 bits per heavy atom. The van der Waals surface area contributed by atoms with E-state index in [-0.39, 0.29) is 18.1 Å². The van der Waals surface area contributed by atoms with Gasteiger partial charge in [-0.05, 0) is 25.7 Å². The zero-order chi connectivity index (χ0) is 17.3. The van der Waals surface area contributed by atoms with Gasteiger partial charge in [-0.2, -0.15) is 5.10 Å². The number of nitrogens with one attached hydrogen (secondary N) is 1. The van der Waals surface area contributed by atoms with Crippen LogP contribution >= 0.6 is 0 Å². The Morgan fingerprint density at radius 1 is 1.44 bits per heavy atom. The standard InChI is InChI=1S/C17H23N5O3/c1-24-14(23)10-22-16-13(9-20-22)15(18-11-19-16)21-12-4-7-25-17(8-12)5-2-3-6-17/h9,11-12H,2-8,10H2,1H3,(H,18,19,21). The summed E-state index contributed by atoms with van der Waals surface area (Å²) in [5, 5.41) is 8.63. The van der Waals surface area contributed by atoms with Crippen molar-refractivity contribution in [2.45, 2.75) is 56.7 Å². The molecule has 1 N–H and O–H groups in total. The van der Waals surface area contributed by atoms with Crippen LogP contribution in [0.2, 0.25) is 0 Å². The minimum atomic E-state index is -0.356. The molecule has 1 spiro atoms. The Balaban J connectivity index is 1.54. The molecule has 2 aromatic rings. The van der Waals surface area contributed by atoms with Crippen LogP contribution in [0.25, 0.3) is 11.0 Å². The van der Waals surface area contributed by atoms with Crippen LogP contribution in [0.4, 0.5) is 5.82 Å². The van der Waals surface area contributed by atoms with Crippen LogP contribution in [0.15, 0.2) is 12.5 Å². The maximum absolute atomic E-state index is 11.5. The molecule has 0 amide bonds. The van der Waals surface area contributed by atoms with Crippen LogP contribution in [0.5, 0.6) is 0 Å². The molecule has 2 aliphatic rings. The molecular weight excluding hydrogens is 322 g/mol. The van der Waals surface area contributed by atoms with Crippen LogP contribution in [-0.2, 0) is 20.8 Å². The molecule has 0 aromatic carbocycles. The van der Waals surface area contributed by atoms with Gasteiger partial charge in [0, 0.05) is 12.6 Å². The molecule has 134 valence electrons. The molecule has 8 nitrogen and oxygen atoms in total. The number of carbonyl (C=O) groups excluding carboxylic acids is 1. The van der Waals surface area contributed by atoms with E-state index in [1.807, 2.05) is 0 Å². The molecule has 1 aliphatic carbocycles. The molecule has 25 heavy (non-hydrogen) atoms. The molecule has 1 aliphatic heterocycles. The Labute approximate surface area is 145 Å². The Hall–Kier alpha value is -2.22. The molecule has 1 saturated carbocycles. The van der Waals surface area contributed by atoms with Gasteiger partial charge in [-0.1, -0.05) is 12.8 Å². The fraction of sp³-hybridized carbons (Fsp3) is 0.647. The van der Waals surface area contributed by atoms with Gasteiger partial charge >= 0.3 is 5.97 Å². The number of anilines is 1. The Kier molecular flexibility index (Phi) is 4.29. The molecule has 1 atom stereocenters. The number of fused-ring (bicyclic) bond motifs is 1. The van der Waals surface area contributed by atoms with E-state index in [1.54, 1.807) is 6.20 Å². The lowest BCUT2D eigenvalue weighted by Crippen LogP contribution is -2.42. The van der Waals surface area contributed by atoms with E-state index >= 15 is 0 Å². The first-order chi connectivity index (χ1) is 12.2. The number of aromatic nitrogens is 4. The second-order valence-corrected chi connectivity index (χ2v) is 6.91. The van der Waals surface area contributed by atoms with Gasteiger partial charge in [0.1, 0.15) is 18.7 Å². The highest BCUT2D eigenvalue weighted by atomic mass is 16.5. The van der Waals surface area contributed by atoms with Gasteiger partial charge in [0.2, 0.25) is 0 Å². The number of ether oxygens (including phenoxy) is 2. The highest BCUT2D eigenvalue weighted by molar-refractivity contribution is 5.87. The minimum absolute atomic E-state index is 0.0385. The Morgan fingerprint density at radius 3 is 3.08 bits per heavy atom. The van der Waals surface area contributed by atoms with Crippen molar-refractivity contribution in [3.05, 3.63) is 12.5 Å². The third-order valence-electron chi connectivity index (χ3n) is 5.29. The fourth-order valence-electron chi connectivity index (χ4n) is 4.02. The first-order valence-corrected chi connectivity index (χ1v) is 8.83. The number of hydrogen-bond acceptors (Lipinski definition) is 7. The van der Waals surface area contributed by atoms with Gasteiger partial charge in [0.25, 0.3) is 0 Å². The van der Waals surface area contributed by atoms with E-state index in [9.17, 15) is 4.79 Å². The molecule has 3 heterocycles. The van der Waals surface area contributed by atoms with Crippen LogP contribution < -0.4 is 5.32 Å². The van der Waals surface area contributed by atoms with Gasteiger partial charge in [-0.3, -0.25) is 4.79 Å². The highest BCUT2D eigenvalue weighted by Crippen LogP contribution is 2.40. The monoisotopic (exact) mass is 345 g/mol. The topological polar surface area (TPSA) is 91.2 Å². The quantitative estimate of drug-likeness (QED) is 0.846. The van der Waals surface area contributed by atoms with Crippen molar-refractivity contribution in [3.63, 3.8) is 0 Å². The molecule has 2 fully saturated rings. The van der Waals surface area contributed by atoms with Crippen molar-refractivity contribution in [1.29, 1.82) is 0 Å². The van der Waals surface area contributed by atoms with E-state index in [4.69, 9.17) is 9.47 Å². The molecule has 0 bridgehead atoms. The fourth-order valence-corrected chi connectivity index (χ4v) is 4.02. The number of nitrogens with zero attached hydrogens (tertiary/aromatic N) is 4. The molecule has 8 heteroatoms. The van der Waals surface area contributed by atoms with Crippen LogP contribution in [0, 0.1) is 0 Å². The Bertz CT molecular complexity index is 769. The summed E-state index contributed by atoms with van der Waals surface area (Å²) in [7, 11) is 1.36.